The van der Waals surface area contributed by atoms with Crippen LogP contribution in [-0.4, -0.2) is 54.1 Å². The van der Waals surface area contributed by atoms with E-state index >= 15 is 0 Å². The maximum atomic E-state index is 14.2. The third-order valence-electron chi connectivity index (χ3n) is 7.20. The summed E-state index contributed by atoms with van der Waals surface area (Å²) in [6.07, 6.45) is 0.865. The Morgan fingerprint density at radius 1 is 1.23 bits per heavy atom. The van der Waals surface area contributed by atoms with E-state index in [1.165, 1.54) is 11.3 Å². The van der Waals surface area contributed by atoms with Gasteiger partial charge in [-0.1, -0.05) is 13.8 Å². The normalized spacial score (nSPS) is 43.9. The molecule has 7 heteroatoms. The van der Waals surface area contributed by atoms with Gasteiger partial charge in [-0.15, -0.1) is 0 Å². The first-order chi connectivity index (χ1) is 11.9. The van der Waals surface area contributed by atoms with Gasteiger partial charge in [-0.2, -0.15) is 0 Å². The topological polar surface area (TPSA) is 48.0 Å². The molecular weight excluding hydrogens is 336 g/mol. The first-order valence-corrected chi connectivity index (χ1v) is 9.89. The molecule has 1 amide bonds. The van der Waals surface area contributed by atoms with Crippen molar-refractivity contribution >= 4 is 13.2 Å². The summed E-state index contributed by atoms with van der Waals surface area (Å²) >= 11 is 0. The van der Waals surface area contributed by atoms with Crippen LogP contribution in [0.3, 0.4) is 0 Å². The van der Waals surface area contributed by atoms with Gasteiger partial charge in [-0.3, -0.25) is 0 Å². The smallest absolute Gasteiger partial charge is 0.444 e. The van der Waals surface area contributed by atoms with Crippen LogP contribution in [0.4, 0.5) is 9.18 Å². The quantitative estimate of drug-likeness (QED) is 0.665. The lowest BCUT2D eigenvalue weighted by Gasteiger charge is -2.64. The number of ether oxygens (including phenoxy) is 1. The molecule has 0 aromatic heterocycles. The second-order valence-corrected chi connectivity index (χ2v) is 10.4. The number of alkyl halides is 1. The molecule has 5 aliphatic rings. The largest absolute Gasteiger partial charge is 0.482 e. The van der Waals surface area contributed by atoms with Gasteiger partial charge in [0.05, 0.1) is 24.2 Å². The minimum absolute atomic E-state index is 0.0309. The number of carbonyl (C=O) groups is 1. The summed E-state index contributed by atoms with van der Waals surface area (Å²) < 4.78 is 32.4. The minimum atomic E-state index is -1.07. The van der Waals surface area contributed by atoms with Crippen molar-refractivity contribution in [2.24, 2.45) is 17.3 Å². The van der Waals surface area contributed by atoms with Crippen molar-refractivity contribution in [3.05, 3.63) is 0 Å². The SMILES string of the molecule is CC(C)(C)OC(=O)N1C[C@@H](F)CC1B1OC2CC3CC(C3(C)C)[C@]2(C)O1. The molecule has 6 atom stereocenters. The number of carbonyl (C=O) groups excluding carboxylic acids is 1. The Balaban J connectivity index is 1.51. The van der Waals surface area contributed by atoms with E-state index in [1.807, 2.05) is 20.8 Å². The van der Waals surface area contributed by atoms with Gasteiger partial charge in [0.25, 0.3) is 0 Å². The van der Waals surface area contributed by atoms with Crippen molar-refractivity contribution in [1.29, 1.82) is 0 Å². The molecule has 2 saturated heterocycles. The third-order valence-corrected chi connectivity index (χ3v) is 7.20. The van der Waals surface area contributed by atoms with Crippen molar-refractivity contribution in [3.63, 3.8) is 0 Å². The number of rotatable bonds is 1. The van der Waals surface area contributed by atoms with E-state index in [2.05, 4.69) is 20.8 Å². The van der Waals surface area contributed by atoms with Crippen LogP contribution in [0.25, 0.3) is 0 Å². The molecule has 5 rings (SSSR count). The Morgan fingerprint density at radius 3 is 2.54 bits per heavy atom. The van der Waals surface area contributed by atoms with Gasteiger partial charge in [-0.25, -0.2) is 9.18 Å². The van der Waals surface area contributed by atoms with Gasteiger partial charge in [0.1, 0.15) is 11.8 Å². The van der Waals surface area contributed by atoms with E-state index in [0.717, 1.165) is 6.42 Å². The average Bonchev–Trinajstić information content (AvgIpc) is 3.04. The van der Waals surface area contributed by atoms with Gasteiger partial charge >= 0.3 is 13.2 Å². The van der Waals surface area contributed by atoms with Gasteiger partial charge in [0.15, 0.2) is 0 Å². The fourth-order valence-electron chi connectivity index (χ4n) is 5.66. The third kappa shape index (κ3) is 2.69. The standard InChI is InChI=1S/C19H31BFNO4/c1-17(2,3)24-16(23)22-10-12(21)9-15(22)20-25-14-8-11-7-13(18(11,4)5)19(14,6)26-20/h11-15H,7-10H2,1-6H3/t11?,12-,13?,14?,15?,19-/m0/s1. The second-order valence-electron chi connectivity index (χ2n) is 10.4. The summed E-state index contributed by atoms with van der Waals surface area (Å²) in [6, 6.07) is 0. The van der Waals surface area contributed by atoms with Crippen molar-refractivity contribution in [2.45, 2.75) is 90.2 Å². The molecule has 3 aliphatic carbocycles. The number of hydrogen-bond acceptors (Lipinski definition) is 4. The van der Waals surface area contributed by atoms with E-state index in [4.69, 9.17) is 14.0 Å². The summed E-state index contributed by atoms with van der Waals surface area (Å²) in [6.45, 7) is 12.2. The summed E-state index contributed by atoms with van der Waals surface area (Å²) in [7, 11) is -0.576. The van der Waals surface area contributed by atoms with Crippen LogP contribution in [0.5, 0.6) is 0 Å². The Kier molecular flexibility index (Phi) is 3.99. The van der Waals surface area contributed by atoms with E-state index in [9.17, 15) is 9.18 Å². The molecule has 2 heterocycles. The lowest BCUT2D eigenvalue weighted by Crippen LogP contribution is -2.65. The van der Waals surface area contributed by atoms with Crippen LogP contribution < -0.4 is 0 Å². The molecule has 0 radical (unpaired) electrons. The second kappa shape index (κ2) is 5.60. The predicted octanol–water partition coefficient (Wildman–Crippen LogP) is 3.60. The molecule has 3 saturated carbocycles. The van der Waals surface area contributed by atoms with Crippen LogP contribution >= 0.6 is 0 Å². The van der Waals surface area contributed by atoms with E-state index in [-0.39, 0.29) is 30.1 Å². The first-order valence-electron chi connectivity index (χ1n) is 9.89. The van der Waals surface area contributed by atoms with Gasteiger partial charge in [0, 0.05) is 0 Å². The van der Waals surface area contributed by atoms with Crippen molar-refractivity contribution in [1.82, 2.24) is 4.90 Å². The number of nitrogens with zero attached hydrogens (tertiary/aromatic N) is 1. The van der Waals surface area contributed by atoms with Gasteiger partial charge in [-0.05, 0) is 64.2 Å². The molecule has 2 bridgehead atoms. The van der Waals surface area contributed by atoms with Crippen LogP contribution in [-0.2, 0) is 14.0 Å². The highest BCUT2D eigenvalue weighted by Crippen LogP contribution is 2.65. The van der Waals surface area contributed by atoms with E-state index in [0.29, 0.717) is 11.8 Å². The van der Waals surface area contributed by atoms with Gasteiger partial charge in [0.2, 0.25) is 0 Å². The Bertz CT molecular complexity index is 609. The highest BCUT2D eigenvalue weighted by molar-refractivity contribution is 6.48. The fourth-order valence-corrected chi connectivity index (χ4v) is 5.66. The highest BCUT2D eigenvalue weighted by atomic mass is 19.1. The molecule has 146 valence electrons. The minimum Gasteiger partial charge on any atom is -0.444 e. The predicted molar refractivity (Wildman–Crippen MR) is 96.4 cm³/mol. The van der Waals surface area contributed by atoms with Gasteiger partial charge < -0.3 is 18.9 Å². The first kappa shape index (κ1) is 18.5. The zero-order valence-electron chi connectivity index (χ0n) is 16.8. The molecule has 5 nitrogen and oxygen atoms in total. The highest BCUT2D eigenvalue weighted by Gasteiger charge is 2.69. The lowest BCUT2D eigenvalue weighted by molar-refractivity contribution is -0.199. The van der Waals surface area contributed by atoms with Crippen molar-refractivity contribution in [2.75, 3.05) is 6.54 Å². The fraction of sp³-hybridized carbons (Fsp3) is 0.947. The van der Waals surface area contributed by atoms with E-state index in [1.54, 1.807) is 0 Å². The zero-order valence-corrected chi connectivity index (χ0v) is 16.8. The van der Waals surface area contributed by atoms with Crippen LogP contribution in [0.1, 0.15) is 60.8 Å². The summed E-state index contributed by atoms with van der Waals surface area (Å²) in [5.41, 5.74) is -0.706. The lowest BCUT2D eigenvalue weighted by atomic mass is 9.43. The zero-order chi connectivity index (χ0) is 19.1. The Hall–Kier alpha value is -0.815. The van der Waals surface area contributed by atoms with E-state index < -0.39 is 30.9 Å². The maximum Gasteiger partial charge on any atom is 0.482 e. The summed E-state index contributed by atoms with van der Waals surface area (Å²) in [5.74, 6) is 0.677. The van der Waals surface area contributed by atoms with Crippen LogP contribution in [0.2, 0.25) is 0 Å². The molecule has 5 fully saturated rings. The molecule has 0 N–H and O–H groups in total. The number of amides is 1. The molecular formula is C19H31BFNO4. The molecule has 26 heavy (non-hydrogen) atoms. The summed E-state index contributed by atoms with van der Waals surface area (Å²) in [5, 5.41) is 0. The summed E-state index contributed by atoms with van der Waals surface area (Å²) in [4.78, 5) is 14.0. The van der Waals surface area contributed by atoms with Crippen molar-refractivity contribution < 1.29 is 23.2 Å². The van der Waals surface area contributed by atoms with Crippen LogP contribution in [0.15, 0.2) is 0 Å². The molecule has 0 aromatic rings. The molecule has 0 aromatic carbocycles. The average molecular weight is 367 g/mol. The Labute approximate surface area is 156 Å². The molecule has 0 spiro atoms. The monoisotopic (exact) mass is 367 g/mol. The van der Waals surface area contributed by atoms with Crippen molar-refractivity contribution in [3.8, 4) is 0 Å². The number of halogens is 1. The molecule has 2 aliphatic heterocycles. The maximum absolute atomic E-state index is 14.2. The molecule has 4 unspecified atom stereocenters. The number of likely N-dealkylation sites (tertiary alicyclic amines) is 1. The number of hydrogen-bond donors (Lipinski definition) is 0. The Morgan fingerprint density at radius 2 is 1.92 bits per heavy atom. The van der Waals surface area contributed by atoms with Crippen LogP contribution in [0, 0.1) is 17.3 Å².